The van der Waals surface area contributed by atoms with Crippen LogP contribution >= 0.6 is 11.6 Å². The number of hydrogen-bond acceptors (Lipinski definition) is 8. The molecule has 0 saturated carbocycles. The van der Waals surface area contributed by atoms with Crippen LogP contribution in [0, 0.1) is 0 Å². The average molecular weight is 477 g/mol. The van der Waals surface area contributed by atoms with Crippen molar-refractivity contribution in [3.05, 3.63) is 39.9 Å². The van der Waals surface area contributed by atoms with Crippen molar-refractivity contribution >= 4 is 40.1 Å². The maximum Gasteiger partial charge on any atom is 0.328 e. The van der Waals surface area contributed by atoms with E-state index in [1.54, 1.807) is 30.0 Å². The molecule has 1 aliphatic heterocycles. The van der Waals surface area contributed by atoms with Crippen molar-refractivity contribution in [1.82, 2.24) is 19.1 Å². The first-order valence-corrected chi connectivity index (χ1v) is 11.2. The minimum absolute atomic E-state index is 0.145. The molecule has 1 saturated heterocycles. The largest absolute Gasteiger partial charge is 0.390 e. The fourth-order valence-corrected chi connectivity index (χ4v) is 4.05. The van der Waals surface area contributed by atoms with E-state index in [9.17, 15) is 15.0 Å². The lowest BCUT2D eigenvalue weighted by Crippen LogP contribution is -2.47. The molecule has 0 spiro atoms. The minimum atomic E-state index is -0.912. The molecule has 3 aromatic rings. The number of aromatic nitrogens is 4. The normalized spacial score (nSPS) is 19.3. The highest BCUT2D eigenvalue weighted by molar-refractivity contribution is 6.32. The number of hydrogen-bond donors (Lipinski definition) is 3. The summed E-state index contributed by atoms with van der Waals surface area (Å²) in [7, 11) is 1.73. The highest BCUT2D eigenvalue weighted by Crippen LogP contribution is 2.28. The second-order valence-electron chi connectivity index (χ2n) is 9.06. The number of anilines is 3. The van der Waals surface area contributed by atoms with Gasteiger partial charge in [-0.05, 0) is 45.4 Å². The van der Waals surface area contributed by atoms with Gasteiger partial charge in [-0.15, -0.1) is 0 Å². The SMILES string of the molecule is C[C@@H]1CN(c2ncc(Cl)c(Nc3ccc4c(c3)n(CCC(C)(C)O)c(=O)n4C)n2)C[C@@H](O)O1. The number of rotatable bonds is 6. The van der Waals surface area contributed by atoms with Crippen molar-refractivity contribution in [2.45, 2.75) is 51.7 Å². The smallest absolute Gasteiger partial charge is 0.328 e. The van der Waals surface area contributed by atoms with Gasteiger partial charge in [0.25, 0.3) is 0 Å². The molecule has 2 atom stereocenters. The fraction of sp³-hybridized carbons (Fsp3) is 0.500. The fourth-order valence-electron chi connectivity index (χ4n) is 3.92. The second kappa shape index (κ2) is 8.94. The molecule has 33 heavy (non-hydrogen) atoms. The molecule has 1 aromatic carbocycles. The minimum Gasteiger partial charge on any atom is -0.390 e. The van der Waals surface area contributed by atoms with E-state index in [1.165, 1.54) is 6.20 Å². The van der Waals surface area contributed by atoms with Crippen LogP contribution in [0.1, 0.15) is 27.2 Å². The Balaban J connectivity index is 1.64. The molecule has 3 heterocycles. The number of aliphatic hydroxyl groups is 2. The van der Waals surface area contributed by atoms with Crippen LogP contribution < -0.4 is 15.9 Å². The third-order valence-electron chi connectivity index (χ3n) is 5.61. The van der Waals surface area contributed by atoms with E-state index in [0.29, 0.717) is 42.0 Å². The lowest BCUT2D eigenvalue weighted by molar-refractivity contribution is -0.137. The Bertz CT molecular complexity index is 1210. The zero-order valence-corrected chi connectivity index (χ0v) is 19.9. The Morgan fingerprint density at radius 1 is 1.30 bits per heavy atom. The number of imidazole rings is 1. The van der Waals surface area contributed by atoms with E-state index in [0.717, 1.165) is 11.0 Å². The number of morpholine rings is 1. The Kier molecular flexibility index (Phi) is 6.37. The summed E-state index contributed by atoms with van der Waals surface area (Å²) in [5.74, 6) is 0.843. The first-order valence-electron chi connectivity index (χ1n) is 10.8. The quantitative estimate of drug-likeness (QED) is 0.495. The van der Waals surface area contributed by atoms with E-state index in [1.807, 2.05) is 30.0 Å². The summed E-state index contributed by atoms with van der Waals surface area (Å²) in [6.07, 6.45) is 0.879. The maximum absolute atomic E-state index is 12.7. The molecule has 10 nitrogen and oxygen atoms in total. The van der Waals surface area contributed by atoms with Crippen LogP contribution in [-0.2, 0) is 18.3 Å². The number of fused-ring (bicyclic) bond motifs is 1. The van der Waals surface area contributed by atoms with Crippen LogP contribution in [0.5, 0.6) is 0 Å². The number of β-amino-alcohol motifs (C(OH)–C–C–N with tert-alkyl or cyclic N) is 1. The predicted octanol–water partition coefficient (Wildman–Crippen LogP) is 2.23. The van der Waals surface area contributed by atoms with E-state index in [4.69, 9.17) is 16.3 Å². The van der Waals surface area contributed by atoms with Gasteiger partial charge in [0.05, 0.1) is 35.5 Å². The Hall–Kier alpha value is -2.66. The molecule has 0 aliphatic carbocycles. The van der Waals surface area contributed by atoms with Crippen molar-refractivity contribution in [3.8, 4) is 0 Å². The summed E-state index contributed by atoms with van der Waals surface area (Å²) in [5, 5.41) is 23.6. The molecule has 0 amide bonds. The number of aryl methyl sites for hydroxylation is 2. The summed E-state index contributed by atoms with van der Waals surface area (Å²) in [6.45, 7) is 6.50. The van der Waals surface area contributed by atoms with Crippen LogP contribution in [-0.4, -0.2) is 60.4 Å². The molecule has 11 heteroatoms. The van der Waals surface area contributed by atoms with E-state index in [-0.39, 0.29) is 18.3 Å². The summed E-state index contributed by atoms with van der Waals surface area (Å²) in [5.41, 5.74) is 1.20. The summed E-state index contributed by atoms with van der Waals surface area (Å²) in [4.78, 5) is 23.4. The average Bonchev–Trinajstić information content (AvgIpc) is 2.96. The Labute approximate surface area is 196 Å². The third-order valence-corrected chi connectivity index (χ3v) is 5.89. The van der Waals surface area contributed by atoms with Gasteiger partial charge in [-0.2, -0.15) is 4.98 Å². The first-order chi connectivity index (χ1) is 15.5. The van der Waals surface area contributed by atoms with Gasteiger partial charge in [-0.25, -0.2) is 9.78 Å². The van der Waals surface area contributed by atoms with Crippen molar-refractivity contribution in [3.63, 3.8) is 0 Å². The van der Waals surface area contributed by atoms with Crippen LogP contribution in [0.15, 0.2) is 29.2 Å². The van der Waals surface area contributed by atoms with Gasteiger partial charge in [0.1, 0.15) is 5.02 Å². The van der Waals surface area contributed by atoms with Crippen molar-refractivity contribution in [2.75, 3.05) is 23.3 Å². The molecule has 0 unspecified atom stereocenters. The zero-order chi connectivity index (χ0) is 23.9. The number of halogens is 1. The molecule has 0 radical (unpaired) electrons. The lowest BCUT2D eigenvalue weighted by Gasteiger charge is -2.34. The third kappa shape index (κ3) is 5.14. The molecule has 1 aliphatic rings. The van der Waals surface area contributed by atoms with Gasteiger partial charge < -0.3 is 25.2 Å². The summed E-state index contributed by atoms with van der Waals surface area (Å²) >= 11 is 6.35. The predicted molar refractivity (Wildman–Crippen MR) is 127 cm³/mol. The van der Waals surface area contributed by atoms with Crippen LogP contribution in [0.4, 0.5) is 17.5 Å². The molecule has 3 N–H and O–H groups in total. The zero-order valence-electron chi connectivity index (χ0n) is 19.1. The molecule has 2 aromatic heterocycles. The lowest BCUT2D eigenvalue weighted by atomic mass is 10.1. The topological polar surface area (TPSA) is 118 Å². The number of nitrogens with one attached hydrogen (secondary N) is 1. The maximum atomic E-state index is 12.7. The van der Waals surface area contributed by atoms with Crippen molar-refractivity contribution in [2.24, 2.45) is 7.05 Å². The number of ether oxygens (including phenoxy) is 1. The molecule has 1 fully saturated rings. The van der Waals surface area contributed by atoms with Gasteiger partial charge in [0, 0.05) is 25.8 Å². The van der Waals surface area contributed by atoms with Gasteiger partial charge in [-0.1, -0.05) is 11.6 Å². The number of nitrogens with zero attached hydrogens (tertiary/aromatic N) is 5. The standard InChI is InChI=1S/C22H29ClN6O4/c1-13-11-28(12-18(30)33-13)20-24-10-15(23)19(26-20)25-14-5-6-16-17(9-14)29(21(31)27(16)4)8-7-22(2,3)32/h5-6,9-10,13,18,30,32H,7-8,11-12H2,1-4H3,(H,24,25,26)/t13-,18+/m1/s1. The molecule has 4 rings (SSSR count). The summed E-state index contributed by atoms with van der Waals surface area (Å²) in [6, 6.07) is 5.57. The van der Waals surface area contributed by atoms with E-state index >= 15 is 0 Å². The highest BCUT2D eigenvalue weighted by Gasteiger charge is 2.26. The second-order valence-corrected chi connectivity index (χ2v) is 9.46. The Morgan fingerprint density at radius 3 is 2.76 bits per heavy atom. The van der Waals surface area contributed by atoms with Gasteiger partial charge >= 0.3 is 5.69 Å². The van der Waals surface area contributed by atoms with Crippen molar-refractivity contribution < 1.29 is 14.9 Å². The van der Waals surface area contributed by atoms with Crippen LogP contribution in [0.25, 0.3) is 11.0 Å². The molecule has 178 valence electrons. The Morgan fingerprint density at radius 2 is 2.06 bits per heavy atom. The van der Waals surface area contributed by atoms with Crippen molar-refractivity contribution in [1.29, 1.82) is 0 Å². The first kappa shape index (κ1) is 23.5. The molecule has 0 bridgehead atoms. The van der Waals surface area contributed by atoms with Crippen LogP contribution in [0.2, 0.25) is 5.02 Å². The van der Waals surface area contributed by atoms with E-state index < -0.39 is 11.9 Å². The van der Waals surface area contributed by atoms with E-state index in [2.05, 4.69) is 15.3 Å². The highest BCUT2D eigenvalue weighted by atomic mass is 35.5. The number of aliphatic hydroxyl groups excluding tert-OH is 1. The number of benzene rings is 1. The monoisotopic (exact) mass is 476 g/mol. The molecular weight excluding hydrogens is 448 g/mol. The van der Waals surface area contributed by atoms with Gasteiger partial charge in [0.2, 0.25) is 5.95 Å². The van der Waals surface area contributed by atoms with Crippen LogP contribution in [0.3, 0.4) is 0 Å². The summed E-state index contributed by atoms with van der Waals surface area (Å²) < 4.78 is 8.61. The molecular formula is C22H29ClN6O4. The van der Waals surface area contributed by atoms with Gasteiger partial charge in [-0.3, -0.25) is 9.13 Å². The van der Waals surface area contributed by atoms with Gasteiger partial charge in [0.15, 0.2) is 12.1 Å².